The maximum absolute atomic E-state index is 12.3. The largest absolute Gasteiger partial charge is 0.368 e. The Hall–Kier alpha value is -3.41. The summed E-state index contributed by atoms with van der Waals surface area (Å²) < 4.78 is 0. The van der Waals surface area contributed by atoms with Crippen LogP contribution in [0.1, 0.15) is 5.56 Å². The molecule has 30 heavy (non-hydrogen) atoms. The quantitative estimate of drug-likeness (QED) is 0.432. The van der Waals surface area contributed by atoms with Crippen LogP contribution < -0.4 is 5.32 Å². The molecule has 0 aliphatic carbocycles. The van der Waals surface area contributed by atoms with Gasteiger partial charge in [-0.25, -0.2) is 0 Å². The maximum atomic E-state index is 12.3. The molecule has 1 saturated heterocycles. The fourth-order valence-corrected chi connectivity index (χ4v) is 3.48. The molecular weight excluding hydrogens is 406 g/mol. The van der Waals surface area contributed by atoms with Crippen molar-refractivity contribution in [1.82, 2.24) is 9.80 Å². The van der Waals surface area contributed by atoms with Crippen LogP contribution >= 0.6 is 11.6 Å². The first-order chi connectivity index (χ1) is 14.5. The minimum Gasteiger partial charge on any atom is -0.368 e. The van der Waals surface area contributed by atoms with Crippen molar-refractivity contribution in [3.63, 3.8) is 0 Å². The van der Waals surface area contributed by atoms with Gasteiger partial charge in [0.15, 0.2) is 0 Å². The van der Waals surface area contributed by atoms with Crippen molar-refractivity contribution in [2.45, 2.75) is 0 Å². The number of amides is 1. The fraction of sp³-hybridized carbons (Fsp3) is 0.238. The summed E-state index contributed by atoms with van der Waals surface area (Å²) in [5, 5.41) is 23.5. The molecule has 0 bridgehead atoms. The summed E-state index contributed by atoms with van der Waals surface area (Å²) in [5.74, 6) is -0.150. The normalized spacial score (nSPS) is 14.8. The molecule has 0 unspecified atom stereocenters. The predicted molar refractivity (Wildman–Crippen MR) is 115 cm³/mol. The van der Waals surface area contributed by atoms with Crippen LogP contribution in [-0.2, 0) is 4.79 Å². The lowest BCUT2D eigenvalue weighted by Crippen LogP contribution is -2.47. The predicted octanol–water partition coefficient (Wildman–Crippen LogP) is 3.37. The van der Waals surface area contributed by atoms with Gasteiger partial charge in [0.25, 0.3) is 5.69 Å². The summed E-state index contributed by atoms with van der Waals surface area (Å²) in [6.45, 7) is 2.65. The summed E-state index contributed by atoms with van der Waals surface area (Å²) >= 11 is 6.07. The van der Waals surface area contributed by atoms with E-state index < -0.39 is 4.92 Å². The van der Waals surface area contributed by atoms with Gasteiger partial charge in [0, 0.05) is 50.0 Å². The van der Waals surface area contributed by atoms with E-state index in [0.717, 1.165) is 0 Å². The molecule has 1 N–H and O–H groups in total. The first-order valence-electron chi connectivity index (χ1n) is 9.34. The number of non-ortho nitro benzene ring substituents is 1. The summed E-state index contributed by atoms with van der Waals surface area (Å²) in [7, 11) is 0. The SMILES string of the molecule is N#C/C=C(/c1cccc([N+](=O)[O-])c1)N1CCN(CC(=O)Nc2ccccc2Cl)CC1. The van der Waals surface area contributed by atoms with Crippen LogP contribution in [0.2, 0.25) is 5.02 Å². The van der Waals surface area contributed by atoms with Crippen molar-refractivity contribution in [2.24, 2.45) is 0 Å². The third-order valence-electron chi connectivity index (χ3n) is 4.78. The number of nitrogens with zero attached hydrogens (tertiary/aromatic N) is 4. The van der Waals surface area contributed by atoms with Gasteiger partial charge in [-0.1, -0.05) is 35.9 Å². The lowest BCUT2D eigenvalue weighted by molar-refractivity contribution is -0.384. The van der Waals surface area contributed by atoms with Gasteiger partial charge in [-0.2, -0.15) is 5.26 Å². The van der Waals surface area contributed by atoms with Crippen molar-refractivity contribution in [1.29, 1.82) is 5.26 Å². The highest BCUT2D eigenvalue weighted by atomic mass is 35.5. The second kappa shape index (κ2) is 9.87. The van der Waals surface area contributed by atoms with Crippen LogP contribution in [-0.4, -0.2) is 53.4 Å². The van der Waals surface area contributed by atoms with E-state index >= 15 is 0 Å². The van der Waals surface area contributed by atoms with Gasteiger partial charge >= 0.3 is 0 Å². The molecule has 1 aliphatic heterocycles. The number of carbonyl (C=O) groups is 1. The first-order valence-corrected chi connectivity index (χ1v) is 9.72. The number of hydrogen-bond acceptors (Lipinski definition) is 6. The van der Waals surface area contributed by atoms with Crippen LogP contribution in [0.15, 0.2) is 54.6 Å². The van der Waals surface area contributed by atoms with Crippen LogP contribution in [0.3, 0.4) is 0 Å². The number of nitro groups is 1. The Morgan fingerprint density at radius 1 is 1.20 bits per heavy atom. The molecule has 0 saturated carbocycles. The van der Waals surface area contributed by atoms with Crippen molar-refractivity contribution >= 4 is 34.6 Å². The lowest BCUT2D eigenvalue weighted by atomic mass is 10.1. The van der Waals surface area contributed by atoms with Crippen molar-refractivity contribution in [2.75, 3.05) is 38.0 Å². The molecule has 1 amide bonds. The van der Waals surface area contributed by atoms with Crippen molar-refractivity contribution in [3.05, 3.63) is 75.3 Å². The van der Waals surface area contributed by atoms with E-state index in [4.69, 9.17) is 11.6 Å². The maximum Gasteiger partial charge on any atom is 0.270 e. The summed E-state index contributed by atoms with van der Waals surface area (Å²) in [6.07, 6.45) is 1.40. The average molecular weight is 426 g/mol. The molecule has 2 aromatic carbocycles. The van der Waals surface area contributed by atoms with E-state index in [1.165, 1.54) is 18.2 Å². The number of piperazine rings is 1. The second-order valence-electron chi connectivity index (χ2n) is 6.76. The standard InChI is InChI=1S/C21H20ClN5O3/c22-18-6-1-2-7-19(18)24-21(28)15-25-10-12-26(13-11-25)20(8-9-23)16-4-3-5-17(14-16)27(29)30/h1-8,14H,10-13,15H2,(H,24,28)/b20-8-. The van der Waals surface area contributed by atoms with Crippen molar-refractivity contribution < 1.29 is 9.72 Å². The highest BCUT2D eigenvalue weighted by molar-refractivity contribution is 6.33. The number of nitriles is 1. The molecule has 0 aromatic heterocycles. The molecule has 0 radical (unpaired) electrons. The Morgan fingerprint density at radius 2 is 1.93 bits per heavy atom. The summed E-state index contributed by atoms with van der Waals surface area (Å²) in [4.78, 5) is 27.0. The number of hydrogen-bond donors (Lipinski definition) is 1. The number of para-hydroxylation sites is 1. The Kier molecular flexibility index (Phi) is 7.01. The highest BCUT2D eigenvalue weighted by Crippen LogP contribution is 2.25. The minimum absolute atomic E-state index is 0.0220. The average Bonchev–Trinajstić information content (AvgIpc) is 2.74. The summed E-state index contributed by atoms with van der Waals surface area (Å²) in [5.41, 5.74) is 1.82. The van der Waals surface area contributed by atoms with Gasteiger partial charge in [0.1, 0.15) is 0 Å². The first kappa shape index (κ1) is 21.3. The fourth-order valence-electron chi connectivity index (χ4n) is 3.30. The Morgan fingerprint density at radius 3 is 2.60 bits per heavy atom. The molecule has 1 heterocycles. The van der Waals surface area contributed by atoms with Gasteiger partial charge in [-0.3, -0.25) is 19.8 Å². The van der Waals surface area contributed by atoms with Gasteiger partial charge in [0.05, 0.1) is 33.9 Å². The van der Waals surface area contributed by atoms with Crippen LogP contribution in [0.25, 0.3) is 5.70 Å². The van der Waals surface area contributed by atoms with Crippen molar-refractivity contribution in [3.8, 4) is 6.07 Å². The summed E-state index contributed by atoms with van der Waals surface area (Å²) in [6, 6.07) is 15.3. The molecule has 0 atom stereocenters. The number of halogens is 1. The van der Waals surface area contributed by atoms with E-state index in [-0.39, 0.29) is 18.1 Å². The molecule has 2 aromatic rings. The molecule has 154 valence electrons. The molecule has 1 aliphatic rings. The number of carbonyl (C=O) groups excluding carboxylic acids is 1. The molecular formula is C21H20ClN5O3. The highest BCUT2D eigenvalue weighted by Gasteiger charge is 2.22. The number of nitrogens with one attached hydrogen (secondary N) is 1. The van der Waals surface area contributed by atoms with Gasteiger partial charge in [0.2, 0.25) is 5.91 Å². The Labute approximate surface area is 179 Å². The number of anilines is 1. The Bertz CT molecular complexity index is 1010. The third kappa shape index (κ3) is 5.35. The zero-order valence-corrected chi connectivity index (χ0v) is 16.9. The van der Waals surface area contributed by atoms with Crippen LogP contribution in [0.4, 0.5) is 11.4 Å². The lowest BCUT2D eigenvalue weighted by Gasteiger charge is -2.36. The number of allylic oxidation sites excluding steroid dienone is 1. The number of rotatable bonds is 6. The van der Waals surface area contributed by atoms with E-state index in [0.29, 0.717) is 48.1 Å². The van der Waals surface area contributed by atoms with Gasteiger partial charge in [-0.05, 0) is 12.1 Å². The van der Waals surface area contributed by atoms with E-state index in [2.05, 4.69) is 5.32 Å². The second-order valence-corrected chi connectivity index (χ2v) is 7.16. The number of nitro benzene ring substituents is 1. The van der Waals surface area contributed by atoms with Crippen LogP contribution in [0.5, 0.6) is 0 Å². The zero-order valence-electron chi connectivity index (χ0n) is 16.1. The van der Waals surface area contributed by atoms with Gasteiger partial charge in [-0.15, -0.1) is 0 Å². The third-order valence-corrected chi connectivity index (χ3v) is 5.11. The van der Waals surface area contributed by atoms with E-state index in [9.17, 15) is 20.2 Å². The topological polar surface area (TPSA) is 103 Å². The van der Waals surface area contributed by atoms with E-state index in [1.807, 2.05) is 15.9 Å². The van der Waals surface area contributed by atoms with Crippen LogP contribution in [0, 0.1) is 21.4 Å². The molecule has 1 fully saturated rings. The Balaban J connectivity index is 1.61. The number of benzene rings is 2. The van der Waals surface area contributed by atoms with Gasteiger partial charge < -0.3 is 10.2 Å². The zero-order chi connectivity index (χ0) is 21.5. The molecule has 9 heteroatoms. The molecule has 3 rings (SSSR count). The monoisotopic (exact) mass is 425 g/mol. The van der Waals surface area contributed by atoms with E-state index in [1.54, 1.807) is 36.4 Å². The molecule has 8 nitrogen and oxygen atoms in total. The minimum atomic E-state index is -0.455. The smallest absolute Gasteiger partial charge is 0.270 e. The molecule has 0 spiro atoms.